The number of hydrogen-bond donors (Lipinski definition) is 0. The summed E-state index contributed by atoms with van der Waals surface area (Å²) in [5.41, 5.74) is 22.4. The Balaban J connectivity index is 0.906. The standard InChI is InChI=1S/C65H41N3/c1-3-17-45(18-4-1)61-66-62(46-19-5-2-6-20-46)68-63(67-61)47-37-35-43(36-38-47)42-31-33-44(34-32-42)48-39-40-59-60(41-48)65(55-27-13-9-23-51(55)52-24-10-14-28-56(52)65)58-30-16-15-29-57(58)64(59)53-25-11-7-21-49(53)50-22-8-12-26-54(50)64/h1-41H. The van der Waals surface area contributed by atoms with E-state index in [0.717, 1.165) is 27.8 Å². The second kappa shape index (κ2) is 14.9. The van der Waals surface area contributed by atoms with E-state index >= 15 is 0 Å². The zero-order valence-electron chi connectivity index (χ0n) is 37.0. The summed E-state index contributed by atoms with van der Waals surface area (Å²) in [4.78, 5) is 14.8. The molecule has 0 fully saturated rings. The van der Waals surface area contributed by atoms with E-state index in [1.54, 1.807) is 0 Å². The van der Waals surface area contributed by atoms with Gasteiger partial charge in [0.15, 0.2) is 17.5 Å². The minimum absolute atomic E-state index is 0.501. The van der Waals surface area contributed by atoms with Crippen LogP contribution in [0.1, 0.15) is 44.5 Å². The van der Waals surface area contributed by atoms with Crippen molar-refractivity contribution in [1.82, 2.24) is 15.0 Å². The van der Waals surface area contributed by atoms with Crippen molar-refractivity contribution in [3.8, 4) is 78.7 Å². The van der Waals surface area contributed by atoms with E-state index in [2.05, 4.69) is 188 Å². The lowest BCUT2D eigenvalue weighted by atomic mass is 9.52. The van der Waals surface area contributed by atoms with E-state index in [-0.39, 0.29) is 0 Å². The van der Waals surface area contributed by atoms with Gasteiger partial charge in [0, 0.05) is 16.7 Å². The molecule has 0 saturated carbocycles. The first-order chi connectivity index (χ1) is 33.7. The molecule has 3 aliphatic carbocycles. The topological polar surface area (TPSA) is 38.7 Å². The third kappa shape index (κ3) is 5.39. The Kier molecular flexibility index (Phi) is 8.41. The van der Waals surface area contributed by atoms with Crippen molar-refractivity contribution in [1.29, 1.82) is 0 Å². The normalized spacial score (nSPS) is 13.8. The van der Waals surface area contributed by atoms with Gasteiger partial charge in [0.05, 0.1) is 10.8 Å². The van der Waals surface area contributed by atoms with Gasteiger partial charge in [-0.15, -0.1) is 0 Å². The molecule has 0 unspecified atom stereocenters. The van der Waals surface area contributed by atoms with E-state index in [9.17, 15) is 0 Å². The lowest BCUT2D eigenvalue weighted by Gasteiger charge is -2.49. The quantitative estimate of drug-likeness (QED) is 0.173. The van der Waals surface area contributed by atoms with Gasteiger partial charge in [0.25, 0.3) is 0 Å². The average molecular weight is 864 g/mol. The van der Waals surface area contributed by atoms with Gasteiger partial charge in [-0.3, -0.25) is 0 Å². The number of rotatable bonds is 5. The fourth-order valence-electron chi connectivity index (χ4n) is 12.0. The summed E-state index contributed by atoms with van der Waals surface area (Å²) in [6.07, 6.45) is 0. The highest BCUT2D eigenvalue weighted by Crippen LogP contribution is 2.67. The van der Waals surface area contributed by atoms with E-state index in [1.165, 1.54) is 77.9 Å². The van der Waals surface area contributed by atoms with Crippen LogP contribution >= 0.6 is 0 Å². The summed E-state index contributed by atoms with van der Waals surface area (Å²) in [6, 6.07) is 91.0. The van der Waals surface area contributed by atoms with Crippen LogP contribution < -0.4 is 0 Å². The average Bonchev–Trinajstić information content (AvgIpc) is 3.89. The van der Waals surface area contributed by atoms with Gasteiger partial charge in [-0.2, -0.15) is 0 Å². The van der Waals surface area contributed by atoms with Crippen molar-refractivity contribution in [2.45, 2.75) is 10.8 Å². The summed E-state index contributed by atoms with van der Waals surface area (Å²) in [5.74, 6) is 1.95. The molecule has 0 amide bonds. The lowest BCUT2D eigenvalue weighted by molar-refractivity contribution is 0.633. The SMILES string of the molecule is c1ccc(-c2nc(-c3ccccc3)nc(-c3ccc(-c4ccc(-c5ccc6c(c5)C5(c7ccccc7-c7ccccc75)c5ccccc5C65c6ccccc6-c6ccccc65)cc4)cc3)n2)cc1. The van der Waals surface area contributed by atoms with Crippen LogP contribution in [0.25, 0.3) is 78.7 Å². The maximum atomic E-state index is 4.96. The van der Waals surface area contributed by atoms with Crippen LogP contribution in [0, 0.1) is 0 Å². The Morgan fingerprint density at radius 3 is 0.853 bits per heavy atom. The molecule has 0 atom stereocenters. The van der Waals surface area contributed by atoms with Crippen LogP contribution in [0.15, 0.2) is 249 Å². The Morgan fingerprint density at radius 1 is 0.191 bits per heavy atom. The maximum absolute atomic E-state index is 4.96. The Morgan fingerprint density at radius 2 is 0.456 bits per heavy atom. The van der Waals surface area contributed by atoms with Crippen LogP contribution in [0.3, 0.4) is 0 Å². The predicted octanol–water partition coefficient (Wildman–Crippen LogP) is 15.2. The molecule has 3 nitrogen and oxygen atoms in total. The molecule has 0 aliphatic heterocycles. The third-order valence-corrected chi connectivity index (χ3v) is 14.9. The first-order valence-electron chi connectivity index (χ1n) is 23.4. The molecular formula is C65H41N3. The lowest BCUT2D eigenvalue weighted by Crippen LogP contribution is -2.43. The van der Waals surface area contributed by atoms with Crippen molar-refractivity contribution in [3.63, 3.8) is 0 Å². The summed E-state index contributed by atoms with van der Waals surface area (Å²) in [5, 5.41) is 0. The summed E-state index contributed by atoms with van der Waals surface area (Å²) in [7, 11) is 0. The molecule has 10 aromatic carbocycles. The molecule has 316 valence electrons. The van der Waals surface area contributed by atoms with E-state index < -0.39 is 10.8 Å². The molecular weight excluding hydrogens is 823 g/mol. The number of aromatic nitrogens is 3. The van der Waals surface area contributed by atoms with Crippen molar-refractivity contribution in [2.75, 3.05) is 0 Å². The Bertz CT molecular complexity index is 3630. The summed E-state index contributed by atoms with van der Waals surface area (Å²) < 4.78 is 0. The largest absolute Gasteiger partial charge is 0.208 e. The molecule has 3 aliphatic rings. The van der Waals surface area contributed by atoms with Gasteiger partial charge in [-0.25, -0.2) is 15.0 Å². The molecule has 0 radical (unpaired) electrons. The molecule has 3 heteroatoms. The van der Waals surface area contributed by atoms with Crippen molar-refractivity contribution >= 4 is 0 Å². The zero-order chi connectivity index (χ0) is 44.8. The van der Waals surface area contributed by atoms with Crippen molar-refractivity contribution in [2.24, 2.45) is 0 Å². The van der Waals surface area contributed by atoms with Crippen molar-refractivity contribution in [3.05, 3.63) is 293 Å². The van der Waals surface area contributed by atoms with Crippen molar-refractivity contribution < 1.29 is 0 Å². The fraction of sp³-hybridized carbons (Fsp3) is 0.0308. The fourth-order valence-corrected chi connectivity index (χ4v) is 12.0. The Hall–Kier alpha value is -8.79. The van der Waals surface area contributed by atoms with Crippen LogP contribution in [0.5, 0.6) is 0 Å². The number of fused-ring (bicyclic) bond motifs is 16. The van der Waals surface area contributed by atoms with Gasteiger partial charge in [0.2, 0.25) is 0 Å². The minimum atomic E-state index is -0.531. The van der Waals surface area contributed by atoms with Crippen LogP contribution in [-0.4, -0.2) is 15.0 Å². The van der Waals surface area contributed by atoms with Crippen LogP contribution in [0.4, 0.5) is 0 Å². The number of hydrogen-bond acceptors (Lipinski definition) is 3. The molecule has 11 aromatic rings. The maximum Gasteiger partial charge on any atom is 0.164 e. The predicted molar refractivity (Wildman–Crippen MR) is 275 cm³/mol. The molecule has 0 bridgehead atoms. The monoisotopic (exact) mass is 863 g/mol. The highest BCUT2D eigenvalue weighted by molar-refractivity contribution is 5.94. The second-order valence-electron chi connectivity index (χ2n) is 18.2. The third-order valence-electron chi connectivity index (χ3n) is 14.9. The molecule has 0 saturated heterocycles. The van der Waals surface area contributed by atoms with Gasteiger partial charge < -0.3 is 0 Å². The molecule has 2 spiro atoms. The summed E-state index contributed by atoms with van der Waals surface area (Å²) >= 11 is 0. The highest BCUT2D eigenvalue weighted by Gasteiger charge is 2.58. The summed E-state index contributed by atoms with van der Waals surface area (Å²) in [6.45, 7) is 0. The van der Waals surface area contributed by atoms with Gasteiger partial charge >= 0.3 is 0 Å². The Labute approximate surface area is 395 Å². The second-order valence-corrected chi connectivity index (χ2v) is 18.2. The molecule has 68 heavy (non-hydrogen) atoms. The first-order valence-corrected chi connectivity index (χ1v) is 23.4. The van der Waals surface area contributed by atoms with Crippen LogP contribution in [0.2, 0.25) is 0 Å². The zero-order valence-corrected chi connectivity index (χ0v) is 37.0. The highest BCUT2D eigenvalue weighted by atomic mass is 15.0. The number of benzene rings is 10. The first kappa shape index (κ1) is 38.5. The van der Waals surface area contributed by atoms with E-state index in [1.807, 2.05) is 60.7 Å². The van der Waals surface area contributed by atoms with Gasteiger partial charge in [-0.1, -0.05) is 243 Å². The van der Waals surface area contributed by atoms with Gasteiger partial charge in [0.1, 0.15) is 0 Å². The van der Waals surface area contributed by atoms with E-state index in [4.69, 9.17) is 15.0 Å². The van der Waals surface area contributed by atoms with Gasteiger partial charge in [-0.05, 0) is 95.1 Å². The molecule has 0 N–H and O–H groups in total. The molecule has 1 heterocycles. The van der Waals surface area contributed by atoms with E-state index in [0.29, 0.717) is 17.5 Å². The van der Waals surface area contributed by atoms with Crippen LogP contribution in [-0.2, 0) is 10.8 Å². The molecule has 14 rings (SSSR count). The minimum Gasteiger partial charge on any atom is -0.208 e. The smallest absolute Gasteiger partial charge is 0.164 e. The molecule has 1 aromatic heterocycles. The number of nitrogens with zero attached hydrogens (tertiary/aromatic N) is 3.